The summed E-state index contributed by atoms with van der Waals surface area (Å²) in [5, 5.41) is 0.0246. The van der Waals surface area contributed by atoms with Crippen molar-refractivity contribution in [2.24, 2.45) is 0 Å². The molecule has 0 saturated heterocycles. The number of hydrogen-bond acceptors (Lipinski definition) is 2. The van der Waals surface area contributed by atoms with Crippen LogP contribution in [0, 0.1) is 5.82 Å². The first kappa shape index (κ1) is 9.86. The van der Waals surface area contributed by atoms with Gasteiger partial charge in [0.1, 0.15) is 5.82 Å². The standard InChI is InChI=1S/C10H6ClFN2O/c11-8-3-1-2-7(9(8)12)10-13-4-6(5-15)14-10/h1-5H,(H,13,14). The molecule has 3 nitrogen and oxygen atoms in total. The van der Waals surface area contributed by atoms with E-state index < -0.39 is 5.82 Å². The number of hydrogen-bond donors (Lipinski definition) is 1. The Balaban J connectivity index is 2.53. The Morgan fingerprint density at radius 1 is 1.47 bits per heavy atom. The molecule has 0 fully saturated rings. The van der Waals surface area contributed by atoms with E-state index in [4.69, 9.17) is 11.6 Å². The predicted molar refractivity (Wildman–Crippen MR) is 54.4 cm³/mol. The number of aromatic nitrogens is 2. The zero-order chi connectivity index (χ0) is 10.8. The molecule has 0 unspecified atom stereocenters. The zero-order valence-corrected chi connectivity index (χ0v) is 8.25. The molecule has 0 spiro atoms. The number of benzene rings is 1. The molecule has 1 N–H and O–H groups in total. The number of imidazole rings is 1. The van der Waals surface area contributed by atoms with Crippen molar-refractivity contribution in [3.63, 3.8) is 0 Å². The summed E-state index contributed by atoms with van der Waals surface area (Å²) in [6.45, 7) is 0. The van der Waals surface area contributed by atoms with Gasteiger partial charge < -0.3 is 4.98 Å². The van der Waals surface area contributed by atoms with Gasteiger partial charge in [0.05, 0.1) is 22.5 Å². The van der Waals surface area contributed by atoms with Gasteiger partial charge in [-0.1, -0.05) is 17.7 Å². The number of halogens is 2. The topological polar surface area (TPSA) is 45.8 Å². The van der Waals surface area contributed by atoms with E-state index in [0.29, 0.717) is 12.0 Å². The van der Waals surface area contributed by atoms with Crippen LogP contribution >= 0.6 is 11.6 Å². The highest BCUT2D eigenvalue weighted by molar-refractivity contribution is 6.31. The zero-order valence-electron chi connectivity index (χ0n) is 7.50. The lowest BCUT2D eigenvalue weighted by molar-refractivity contribution is 0.111. The lowest BCUT2D eigenvalue weighted by atomic mass is 10.2. The van der Waals surface area contributed by atoms with Crippen LogP contribution in [0.4, 0.5) is 4.39 Å². The molecule has 76 valence electrons. The van der Waals surface area contributed by atoms with Gasteiger partial charge in [-0.3, -0.25) is 4.79 Å². The van der Waals surface area contributed by atoms with Crippen molar-refractivity contribution in [3.8, 4) is 11.4 Å². The van der Waals surface area contributed by atoms with Crippen molar-refractivity contribution in [3.05, 3.63) is 40.9 Å². The normalized spacial score (nSPS) is 10.3. The fourth-order valence-corrected chi connectivity index (χ4v) is 1.39. The second-order valence-corrected chi connectivity index (χ2v) is 3.31. The summed E-state index contributed by atoms with van der Waals surface area (Å²) in [6, 6.07) is 4.60. The Hall–Kier alpha value is -1.68. The number of carbonyl (C=O) groups is 1. The largest absolute Gasteiger partial charge is 0.336 e. The van der Waals surface area contributed by atoms with E-state index in [9.17, 15) is 9.18 Å². The molecule has 1 heterocycles. The number of aldehydes is 1. The highest BCUT2D eigenvalue weighted by atomic mass is 35.5. The molecule has 1 aromatic carbocycles. The van der Waals surface area contributed by atoms with Crippen molar-refractivity contribution in [2.75, 3.05) is 0 Å². The van der Waals surface area contributed by atoms with E-state index >= 15 is 0 Å². The molecule has 2 rings (SSSR count). The molecule has 15 heavy (non-hydrogen) atoms. The molecule has 0 atom stereocenters. The van der Waals surface area contributed by atoms with Gasteiger partial charge in [0.25, 0.3) is 0 Å². The third-order valence-electron chi connectivity index (χ3n) is 1.93. The number of nitrogens with one attached hydrogen (secondary N) is 1. The van der Waals surface area contributed by atoms with Crippen molar-refractivity contribution < 1.29 is 9.18 Å². The highest BCUT2D eigenvalue weighted by Gasteiger charge is 2.11. The molecule has 0 bridgehead atoms. The fourth-order valence-electron chi connectivity index (χ4n) is 1.22. The maximum absolute atomic E-state index is 13.5. The van der Waals surface area contributed by atoms with Gasteiger partial charge in [0, 0.05) is 0 Å². The Morgan fingerprint density at radius 2 is 2.27 bits per heavy atom. The van der Waals surface area contributed by atoms with E-state index in [1.54, 1.807) is 6.07 Å². The van der Waals surface area contributed by atoms with Gasteiger partial charge in [0.2, 0.25) is 0 Å². The molecule has 0 aliphatic carbocycles. The van der Waals surface area contributed by atoms with Crippen LogP contribution in [0.3, 0.4) is 0 Å². The number of nitrogens with zero attached hydrogens (tertiary/aromatic N) is 1. The molecule has 5 heteroatoms. The third kappa shape index (κ3) is 1.76. The van der Waals surface area contributed by atoms with Crippen molar-refractivity contribution >= 4 is 17.9 Å². The Morgan fingerprint density at radius 3 is 2.93 bits per heavy atom. The molecular formula is C10H6ClFN2O. The molecule has 0 amide bonds. The minimum absolute atomic E-state index is 0.0246. The lowest BCUT2D eigenvalue weighted by Crippen LogP contribution is -1.87. The van der Waals surface area contributed by atoms with Crippen molar-refractivity contribution in [1.29, 1.82) is 0 Å². The lowest BCUT2D eigenvalue weighted by Gasteiger charge is -2.00. The number of rotatable bonds is 2. The first-order valence-electron chi connectivity index (χ1n) is 4.17. The van der Waals surface area contributed by atoms with Crippen LogP contribution in [0.25, 0.3) is 11.4 Å². The van der Waals surface area contributed by atoms with Crippen LogP contribution in [0.2, 0.25) is 5.02 Å². The van der Waals surface area contributed by atoms with E-state index in [1.165, 1.54) is 18.3 Å². The van der Waals surface area contributed by atoms with Crippen LogP contribution in [0.5, 0.6) is 0 Å². The fraction of sp³-hybridized carbons (Fsp3) is 0. The van der Waals surface area contributed by atoms with E-state index in [2.05, 4.69) is 9.97 Å². The maximum atomic E-state index is 13.5. The Labute approximate surface area is 89.9 Å². The van der Waals surface area contributed by atoms with Crippen molar-refractivity contribution in [1.82, 2.24) is 9.97 Å². The summed E-state index contributed by atoms with van der Waals surface area (Å²) in [4.78, 5) is 17.0. The number of carbonyl (C=O) groups excluding carboxylic acids is 1. The summed E-state index contributed by atoms with van der Waals surface area (Å²) in [5.41, 5.74) is 0.542. The maximum Gasteiger partial charge on any atom is 0.167 e. The minimum atomic E-state index is -0.550. The van der Waals surface area contributed by atoms with E-state index in [-0.39, 0.29) is 16.4 Å². The van der Waals surface area contributed by atoms with Crippen LogP contribution in [-0.4, -0.2) is 16.3 Å². The first-order chi connectivity index (χ1) is 7.22. The van der Waals surface area contributed by atoms with Gasteiger partial charge in [-0.25, -0.2) is 9.37 Å². The van der Waals surface area contributed by atoms with Crippen LogP contribution < -0.4 is 0 Å². The average molecular weight is 225 g/mol. The summed E-state index contributed by atoms with van der Waals surface area (Å²) < 4.78 is 13.5. The molecular weight excluding hydrogens is 219 g/mol. The number of H-pyrrole nitrogens is 1. The minimum Gasteiger partial charge on any atom is -0.336 e. The van der Waals surface area contributed by atoms with Gasteiger partial charge >= 0.3 is 0 Å². The van der Waals surface area contributed by atoms with Crippen molar-refractivity contribution in [2.45, 2.75) is 0 Å². The van der Waals surface area contributed by atoms with Gasteiger partial charge in [-0.2, -0.15) is 0 Å². The molecule has 0 radical (unpaired) electrons. The van der Waals surface area contributed by atoms with Gasteiger partial charge in [-0.15, -0.1) is 0 Å². The monoisotopic (exact) mass is 224 g/mol. The molecule has 1 aromatic heterocycles. The molecule has 0 aliphatic rings. The first-order valence-corrected chi connectivity index (χ1v) is 4.54. The second kappa shape index (κ2) is 3.82. The molecule has 0 aliphatic heterocycles. The van der Waals surface area contributed by atoms with E-state index in [0.717, 1.165) is 0 Å². The summed E-state index contributed by atoms with van der Waals surface area (Å²) in [6.07, 6.45) is 1.95. The third-order valence-corrected chi connectivity index (χ3v) is 2.22. The van der Waals surface area contributed by atoms with Crippen LogP contribution in [0.1, 0.15) is 10.5 Å². The molecule has 2 aromatic rings. The Kier molecular flexibility index (Phi) is 2.51. The van der Waals surface area contributed by atoms with Gasteiger partial charge in [-0.05, 0) is 12.1 Å². The van der Waals surface area contributed by atoms with Crippen LogP contribution in [-0.2, 0) is 0 Å². The second-order valence-electron chi connectivity index (χ2n) is 2.91. The quantitative estimate of drug-likeness (QED) is 0.798. The molecule has 0 saturated carbocycles. The SMILES string of the molecule is O=Cc1cnc(-c2cccc(Cl)c2F)[nH]1. The highest BCUT2D eigenvalue weighted by Crippen LogP contribution is 2.25. The number of aromatic amines is 1. The van der Waals surface area contributed by atoms with Gasteiger partial charge in [0.15, 0.2) is 12.1 Å². The summed E-state index contributed by atoms with van der Waals surface area (Å²) >= 11 is 5.62. The Bertz CT molecular complexity index is 510. The predicted octanol–water partition coefficient (Wildman–Crippen LogP) is 2.68. The van der Waals surface area contributed by atoms with Crippen LogP contribution in [0.15, 0.2) is 24.4 Å². The average Bonchev–Trinajstić information content (AvgIpc) is 2.70. The van der Waals surface area contributed by atoms with E-state index in [1.807, 2.05) is 0 Å². The summed E-state index contributed by atoms with van der Waals surface area (Å²) in [7, 11) is 0. The summed E-state index contributed by atoms with van der Waals surface area (Å²) in [5.74, 6) is -0.261. The smallest absolute Gasteiger partial charge is 0.167 e.